The van der Waals surface area contributed by atoms with Gasteiger partial charge in [0.2, 0.25) is 0 Å². The number of carbonyl (C=O) groups is 1. The number of nitrogens with one attached hydrogen (secondary N) is 1. The molecule has 0 atom stereocenters. The highest BCUT2D eigenvalue weighted by Crippen LogP contribution is 2.09. The minimum atomic E-state index is 0.0542. The molecule has 0 bridgehead atoms. The zero-order chi connectivity index (χ0) is 10.9. The van der Waals surface area contributed by atoms with Crippen molar-refractivity contribution in [2.45, 2.75) is 25.7 Å². The molecule has 1 rings (SSSR count). The average Bonchev–Trinajstić information content (AvgIpc) is 2.52. The van der Waals surface area contributed by atoms with Crippen LogP contribution in [0, 0.1) is 0 Å². The highest BCUT2D eigenvalue weighted by Gasteiger charge is 2.13. The second kappa shape index (κ2) is 7.29. The van der Waals surface area contributed by atoms with Crippen LogP contribution >= 0.6 is 0 Å². The van der Waals surface area contributed by atoms with E-state index in [1.165, 1.54) is 12.8 Å². The van der Waals surface area contributed by atoms with E-state index in [2.05, 4.69) is 5.32 Å². The van der Waals surface area contributed by atoms with Gasteiger partial charge in [0.1, 0.15) is 0 Å². The molecule has 0 saturated carbocycles. The number of urea groups is 1. The van der Waals surface area contributed by atoms with E-state index in [9.17, 15) is 4.79 Å². The number of likely N-dealkylation sites (tertiary alicyclic amines) is 1. The highest BCUT2D eigenvalue weighted by atomic mass is 16.2. The number of nitrogens with two attached hydrogens (primary N) is 1. The van der Waals surface area contributed by atoms with Crippen LogP contribution in [0.3, 0.4) is 0 Å². The fraction of sp³-hybridized carbons (Fsp3) is 0.727. The van der Waals surface area contributed by atoms with Crippen molar-refractivity contribution in [3.63, 3.8) is 0 Å². The van der Waals surface area contributed by atoms with Gasteiger partial charge in [-0.25, -0.2) is 4.79 Å². The fourth-order valence-electron chi connectivity index (χ4n) is 1.71. The highest BCUT2D eigenvalue weighted by molar-refractivity contribution is 5.74. The zero-order valence-electron chi connectivity index (χ0n) is 9.24. The minimum absolute atomic E-state index is 0.0542. The van der Waals surface area contributed by atoms with E-state index < -0.39 is 0 Å². The summed E-state index contributed by atoms with van der Waals surface area (Å²) < 4.78 is 0. The standard InChI is InChI=1S/C11H21N3O/c12-7-3-4-8-13-11(15)14-9-5-1-2-6-10-14/h3-4H,1-2,5-10,12H2,(H,13,15)/b4-3+. The Bertz CT molecular complexity index is 208. The SMILES string of the molecule is NC/C=C/CNC(=O)N1CCCCCC1. The van der Waals surface area contributed by atoms with Crippen molar-refractivity contribution < 1.29 is 4.79 Å². The van der Waals surface area contributed by atoms with Gasteiger partial charge in [0.15, 0.2) is 0 Å². The monoisotopic (exact) mass is 211 g/mol. The van der Waals surface area contributed by atoms with E-state index in [4.69, 9.17) is 5.73 Å². The van der Waals surface area contributed by atoms with Crippen LogP contribution in [-0.2, 0) is 0 Å². The zero-order valence-corrected chi connectivity index (χ0v) is 9.24. The van der Waals surface area contributed by atoms with Crippen LogP contribution in [0.15, 0.2) is 12.2 Å². The molecule has 1 aliphatic rings. The smallest absolute Gasteiger partial charge is 0.317 e. The van der Waals surface area contributed by atoms with Crippen LogP contribution in [-0.4, -0.2) is 37.1 Å². The molecule has 0 aromatic rings. The van der Waals surface area contributed by atoms with Crippen molar-refractivity contribution in [3.05, 3.63) is 12.2 Å². The Morgan fingerprint density at radius 2 is 1.87 bits per heavy atom. The third-order valence-electron chi connectivity index (χ3n) is 2.57. The molecular weight excluding hydrogens is 190 g/mol. The van der Waals surface area contributed by atoms with Crippen molar-refractivity contribution in [1.29, 1.82) is 0 Å². The largest absolute Gasteiger partial charge is 0.335 e. The summed E-state index contributed by atoms with van der Waals surface area (Å²) in [7, 11) is 0. The maximum Gasteiger partial charge on any atom is 0.317 e. The molecule has 86 valence electrons. The van der Waals surface area contributed by atoms with Crippen molar-refractivity contribution in [3.8, 4) is 0 Å². The molecule has 4 nitrogen and oxygen atoms in total. The summed E-state index contributed by atoms with van der Waals surface area (Å²) in [6.07, 6.45) is 8.49. The topological polar surface area (TPSA) is 58.4 Å². The summed E-state index contributed by atoms with van der Waals surface area (Å²) in [6, 6.07) is 0.0542. The molecule has 1 saturated heterocycles. The van der Waals surface area contributed by atoms with E-state index >= 15 is 0 Å². The lowest BCUT2D eigenvalue weighted by molar-refractivity contribution is 0.201. The van der Waals surface area contributed by atoms with Gasteiger partial charge in [0.25, 0.3) is 0 Å². The lowest BCUT2D eigenvalue weighted by atomic mass is 10.2. The molecule has 0 unspecified atom stereocenters. The predicted molar refractivity (Wildman–Crippen MR) is 61.6 cm³/mol. The lowest BCUT2D eigenvalue weighted by Crippen LogP contribution is -2.40. The Kier molecular flexibility index (Phi) is 5.85. The summed E-state index contributed by atoms with van der Waals surface area (Å²) in [5.41, 5.74) is 5.30. The van der Waals surface area contributed by atoms with Gasteiger partial charge in [-0.15, -0.1) is 0 Å². The Morgan fingerprint density at radius 1 is 1.20 bits per heavy atom. The maximum absolute atomic E-state index is 11.7. The second-order valence-corrected chi connectivity index (χ2v) is 3.79. The van der Waals surface area contributed by atoms with Crippen LogP contribution in [0.2, 0.25) is 0 Å². The normalized spacial score (nSPS) is 17.8. The van der Waals surface area contributed by atoms with Gasteiger partial charge in [0.05, 0.1) is 0 Å². The first kappa shape index (κ1) is 12.0. The van der Waals surface area contributed by atoms with E-state index in [1.54, 1.807) is 0 Å². The lowest BCUT2D eigenvalue weighted by Gasteiger charge is -2.20. The van der Waals surface area contributed by atoms with Gasteiger partial charge in [-0.3, -0.25) is 0 Å². The minimum Gasteiger partial charge on any atom is -0.335 e. The van der Waals surface area contributed by atoms with Crippen LogP contribution in [0.4, 0.5) is 4.79 Å². The fourth-order valence-corrected chi connectivity index (χ4v) is 1.71. The van der Waals surface area contributed by atoms with Gasteiger partial charge >= 0.3 is 6.03 Å². The molecule has 0 aromatic carbocycles. The Hall–Kier alpha value is -1.03. The predicted octanol–water partition coefficient (Wildman–Crippen LogP) is 1.09. The van der Waals surface area contributed by atoms with E-state index in [1.807, 2.05) is 17.1 Å². The van der Waals surface area contributed by atoms with Gasteiger partial charge in [0, 0.05) is 26.2 Å². The maximum atomic E-state index is 11.7. The van der Waals surface area contributed by atoms with E-state index in [0.29, 0.717) is 13.1 Å². The van der Waals surface area contributed by atoms with Gasteiger partial charge < -0.3 is 16.0 Å². The third-order valence-corrected chi connectivity index (χ3v) is 2.57. The molecule has 0 radical (unpaired) electrons. The molecule has 4 heteroatoms. The number of hydrogen-bond donors (Lipinski definition) is 2. The average molecular weight is 211 g/mol. The summed E-state index contributed by atoms with van der Waals surface area (Å²) in [5, 5.41) is 2.86. The van der Waals surface area contributed by atoms with E-state index in [0.717, 1.165) is 25.9 Å². The second-order valence-electron chi connectivity index (χ2n) is 3.79. The number of amides is 2. The first-order valence-electron chi connectivity index (χ1n) is 5.72. The number of hydrogen-bond acceptors (Lipinski definition) is 2. The van der Waals surface area contributed by atoms with Crippen molar-refractivity contribution in [1.82, 2.24) is 10.2 Å². The molecular formula is C11H21N3O. The van der Waals surface area contributed by atoms with Crippen molar-refractivity contribution in [2.75, 3.05) is 26.2 Å². The van der Waals surface area contributed by atoms with Gasteiger partial charge in [-0.05, 0) is 12.8 Å². The Morgan fingerprint density at radius 3 is 2.47 bits per heavy atom. The molecule has 0 aliphatic carbocycles. The molecule has 15 heavy (non-hydrogen) atoms. The van der Waals surface area contributed by atoms with Crippen LogP contribution in [0.1, 0.15) is 25.7 Å². The van der Waals surface area contributed by atoms with Crippen LogP contribution < -0.4 is 11.1 Å². The van der Waals surface area contributed by atoms with Crippen molar-refractivity contribution in [2.24, 2.45) is 5.73 Å². The Labute approximate surface area is 91.5 Å². The summed E-state index contributed by atoms with van der Waals surface area (Å²) in [5.74, 6) is 0. The molecule has 1 heterocycles. The summed E-state index contributed by atoms with van der Waals surface area (Å²) in [6.45, 7) is 2.89. The Balaban J connectivity index is 2.22. The number of rotatable bonds is 3. The number of nitrogens with zero attached hydrogens (tertiary/aromatic N) is 1. The van der Waals surface area contributed by atoms with Crippen LogP contribution in [0.25, 0.3) is 0 Å². The van der Waals surface area contributed by atoms with Gasteiger partial charge in [-0.1, -0.05) is 25.0 Å². The summed E-state index contributed by atoms with van der Waals surface area (Å²) in [4.78, 5) is 13.6. The number of carbonyl (C=O) groups excluding carboxylic acids is 1. The third kappa shape index (κ3) is 4.83. The summed E-state index contributed by atoms with van der Waals surface area (Å²) >= 11 is 0. The van der Waals surface area contributed by atoms with Crippen molar-refractivity contribution >= 4 is 6.03 Å². The molecule has 0 aromatic heterocycles. The first-order chi connectivity index (χ1) is 7.34. The quantitative estimate of drug-likeness (QED) is 0.686. The van der Waals surface area contributed by atoms with E-state index in [-0.39, 0.29) is 6.03 Å². The molecule has 2 amide bonds. The first-order valence-corrected chi connectivity index (χ1v) is 5.72. The van der Waals surface area contributed by atoms with Gasteiger partial charge in [-0.2, -0.15) is 0 Å². The molecule has 1 fully saturated rings. The molecule has 3 N–H and O–H groups in total. The molecule has 0 spiro atoms. The van der Waals surface area contributed by atoms with Crippen LogP contribution in [0.5, 0.6) is 0 Å². The molecule has 1 aliphatic heterocycles.